The van der Waals surface area contributed by atoms with Crippen LogP contribution in [0.3, 0.4) is 0 Å². The van der Waals surface area contributed by atoms with Crippen LogP contribution in [0, 0.1) is 0 Å². The summed E-state index contributed by atoms with van der Waals surface area (Å²) in [5.41, 5.74) is 2.14. The van der Waals surface area contributed by atoms with E-state index in [0.717, 1.165) is 15.6 Å². The van der Waals surface area contributed by atoms with Crippen LogP contribution in [0.15, 0.2) is 47.2 Å². The Morgan fingerprint density at radius 3 is 2.38 bits per heavy atom. The van der Waals surface area contributed by atoms with E-state index in [1.165, 1.54) is 6.92 Å². The average Bonchev–Trinajstić information content (AvgIpc) is 3.19. The van der Waals surface area contributed by atoms with Crippen molar-refractivity contribution < 1.29 is 9.59 Å². The molecule has 0 aliphatic heterocycles. The molecule has 0 spiro atoms. The van der Waals surface area contributed by atoms with E-state index < -0.39 is 0 Å². The largest absolute Gasteiger partial charge is 0.326 e. The first kappa shape index (κ1) is 16.4. The molecule has 0 radical (unpaired) electrons. The van der Waals surface area contributed by atoms with E-state index in [9.17, 15) is 9.59 Å². The fourth-order valence-electron chi connectivity index (χ4n) is 2.11. The van der Waals surface area contributed by atoms with Gasteiger partial charge < -0.3 is 10.6 Å². The number of nitrogens with zero attached hydrogens (tertiary/aromatic N) is 1. The van der Waals surface area contributed by atoms with Crippen LogP contribution in [-0.2, 0) is 16.0 Å². The highest BCUT2D eigenvalue weighted by Crippen LogP contribution is 2.28. The van der Waals surface area contributed by atoms with E-state index in [4.69, 9.17) is 0 Å². The number of thiazole rings is 1. The normalized spacial score (nSPS) is 10.4. The molecule has 3 aromatic rings. The molecule has 2 heterocycles. The minimum atomic E-state index is -0.128. The molecule has 0 saturated carbocycles. The Morgan fingerprint density at radius 1 is 1.04 bits per heavy atom. The lowest BCUT2D eigenvalue weighted by Crippen LogP contribution is -2.14. The molecule has 7 heteroatoms. The van der Waals surface area contributed by atoms with Gasteiger partial charge in [-0.1, -0.05) is 6.07 Å². The zero-order valence-electron chi connectivity index (χ0n) is 12.9. The predicted molar refractivity (Wildman–Crippen MR) is 98.5 cm³/mol. The van der Waals surface area contributed by atoms with Crippen molar-refractivity contribution in [3.8, 4) is 9.88 Å². The summed E-state index contributed by atoms with van der Waals surface area (Å²) < 4.78 is 0. The van der Waals surface area contributed by atoms with Crippen molar-refractivity contribution in [3.63, 3.8) is 0 Å². The number of hydrogen-bond donors (Lipinski definition) is 2. The molecule has 2 aromatic heterocycles. The van der Waals surface area contributed by atoms with Gasteiger partial charge in [0, 0.05) is 23.7 Å². The summed E-state index contributed by atoms with van der Waals surface area (Å²) in [7, 11) is 0. The summed E-state index contributed by atoms with van der Waals surface area (Å²) in [6.07, 6.45) is 0.231. The Morgan fingerprint density at radius 2 is 1.75 bits per heavy atom. The van der Waals surface area contributed by atoms with Gasteiger partial charge in [-0.2, -0.15) is 0 Å². The second-order valence-corrected chi connectivity index (χ2v) is 6.91. The van der Waals surface area contributed by atoms with Gasteiger partial charge in [0.25, 0.3) is 0 Å². The number of thiophene rings is 1. The van der Waals surface area contributed by atoms with Crippen molar-refractivity contribution >= 4 is 45.9 Å². The third-order valence-corrected chi connectivity index (χ3v) is 5.04. The number of hydrogen-bond acceptors (Lipinski definition) is 5. The number of amides is 2. The van der Waals surface area contributed by atoms with Gasteiger partial charge in [-0.05, 0) is 35.7 Å². The summed E-state index contributed by atoms with van der Waals surface area (Å²) in [6.45, 7) is 1.45. The molecule has 0 atom stereocenters. The number of anilines is 2. The summed E-state index contributed by atoms with van der Waals surface area (Å²) in [5.74, 6) is -0.248. The molecule has 0 saturated heterocycles. The highest BCUT2D eigenvalue weighted by molar-refractivity contribution is 7.20. The Balaban J connectivity index is 1.58. The maximum Gasteiger partial charge on any atom is 0.230 e. The lowest BCUT2D eigenvalue weighted by molar-refractivity contribution is -0.116. The van der Waals surface area contributed by atoms with E-state index in [1.807, 2.05) is 22.9 Å². The minimum Gasteiger partial charge on any atom is -0.326 e. The highest BCUT2D eigenvalue weighted by Gasteiger charge is 2.10. The Hall–Kier alpha value is -2.51. The third kappa shape index (κ3) is 4.27. The Bertz CT molecular complexity index is 839. The van der Waals surface area contributed by atoms with Crippen molar-refractivity contribution in [1.29, 1.82) is 0 Å². The van der Waals surface area contributed by atoms with E-state index in [-0.39, 0.29) is 18.2 Å². The molecular formula is C17H15N3O2S2. The SMILES string of the molecule is CC(=O)Nc1ccc(NC(=O)Cc2csc(-c3cccs3)n2)cc1. The zero-order valence-corrected chi connectivity index (χ0v) is 14.5. The summed E-state index contributed by atoms with van der Waals surface area (Å²) in [5, 5.41) is 10.4. The van der Waals surface area contributed by atoms with Gasteiger partial charge in [-0.15, -0.1) is 22.7 Å². The lowest BCUT2D eigenvalue weighted by Gasteiger charge is -2.06. The Labute approximate surface area is 147 Å². The molecule has 5 nitrogen and oxygen atoms in total. The van der Waals surface area contributed by atoms with Gasteiger partial charge in [-0.25, -0.2) is 4.98 Å². The molecule has 2 amide bonds. The van der Waals surface area contributed by atoms with Crippen molar-refractivity contribution in [2.24, 2.45) is 0 Å². The van der Waals surface area contributed by atoms with E-state index in [2.05, 4.69) is 15.6 Å². The van der Waals surface area contributed by atoms with Crippen molar-refractivity contribution in [1.82, 2.24) is 4.98 Å². The van der Waals surface area contributed by atoms with Crippen LogP contribution in [-0.4, -0.2) is 16.8 Å². The van der Waals surface area contributed by atoms with Crippen LogP contribution in [0.25, 0.3) is 9.88 Å². The highest BCUT2D eigenvalue weighted by atomic mass is 32.1. The van der Waals surface area contributed by atoms with E-state index in [0.29, 0.717) is 11.4 Å². The second kappa shape index (κ2) is 7.37. The molecule has 0 unspecified atom stereocenters. The summed E-state index contributed by atoms with van der Waals surface area (Å²) in [6, 6.07) is 11.0. The van der Waals surface area contributed by atoms with Crippen LogP contribution in [0.2, 0.25) is 0 Å². The van der Waals surface area contributed by atoms with E-state index >= 15 is 0 Å². The van der Waals surface area contributed by atoms with Gasteiger partial charge in [0.15, 0.2) is 0 Å². The number of carbonyl (C=O) groups excluding carboxylic acids is 2. The molecule has 122 valence electrons. The van der Waals surface area contributed by atoms with Crippen LogP contribution >= 0.6 is 22.7 Å². The minimum absolute atomic E-state index is 0.120. The third-order valence-electron chi connectivity index (χ3n) is 3.11. The van der Waals surface area contributed by atoms with Crippen LogP contribution in [0.1, 0.15) is 12.6 Å². The smallest absolute Gasteiger partial charge is 0.230 e. The standard InChI is InChI=1S/C17H15N3O2S2/c1-11(21)18-12-4-6-13(7-5-12)19-16(22)9-14-10-24-17(20-14)15-3-2-8-23-15/h2-8,10H,9H2,1H3,(H,18,21)(H,19,22). The maximum atomic E-state index is 12.1. The van der Waals surface area contributed by atoms with Gasteiger partial charge in [0.05, 0.1) is 17.0 Å². The van der Waals surface area contributed by atoms with Gasteiger partial charge in [-0.3, -0.25) is 9.59 Å². The Kier molecular flexibility index (Phi) is 5.02. The van der Waals surface area contributed by atoms with Gasteiger partial charge >= 0.3 is 0 Å². The number of rotatable bonds is 5. The molecule has 24 heavy (non-hydrogen) atoms. The molecule has 0 bridgehead atoms. The maximum absolute atomic E-state index is 12.1. The molecular weight excluding hydrogens is 342 g/mol. The fraction of sp³-hybridized carbons (Fsp3) is 0.118. The van der Waals surface area contributed by atoms with Gasteiger partial charge in [0.1, 0.15) is 5.01 Å². The monoisotopic (exact) mass is 357 g/mol. The molecule has 0 fully saturated rings. The van der Waals surface area contributed by atoms with Crippen LogP contribution in [0.5, 0.6) is 0 Å². The fourth-order valence-corrected chi connectivity index (χ4v) is 3.75. The molecule has 2 N–H and O–H groups in total. The van der Waals surface area contributed by atoms with Gasteiger partial charge in [0.2, 0.25) is 11.8 Å². The summed E-state index contributed by atoms with van der Waals surface area (Å²) in [4.78, 5) is 28.7. The first-order valence-electron chi connectivity index (χ1n) is 7.26. The topological polar surface area (TPSA) is 71.1 Å². The zero-order chi connectivity index (χ0) is 16.9. The average molecular weight is 357 g/mol. The molecule has 0 aliphatic carbocycles. The van der Waals surface area contributed by atoms with E-state index in [1.54, 1.807) is 46.9 Å². The lowest BCUT2D eigenvalue weighted by atomic mass is 10.2. The van der Waals surface area contributed by atoms with Crippen LogP contribution < -0.4 is 10.6 Å². The quantitative estimate of drug-likeness (QED) is 0.725. The first-order chi connectivity index (χ1) is 11.6. The van der Waals surface area contributed by atoms with Crippen LogP contribution in [0.4, 0.5) is 11.4 Å². The number of nitrogens with one attached hydrogen (secondary N) is 2. The number of carbonyl (C=O) groups is 2. The molecule has 3 rings (SSSR count). The second-order valence-electron chi connectivity index (χ2n) is 5.10. The molecule has 0 aliphatic rings. The molecule has 1 aromatic carbocycles. The predicted octanol–water partition coefficient (Wildman–Crippen LogP) is 4.01. The first-order valence-corrected chi connectivity index (χ1v) is 9.02. The number of aromatic nitrogens is 1. The van der Waals surface area contributed by atoms with Crippen molar-refractivity contribution in [2.45, 2.75) is 13.3 Å². The number of benzene rings is 1. The van der Waals surface area contributed by atoms with Crippen molar-refractivity contribution in [3.05, 3.63) is 52.9 Å². The summed E-state index contributed by atoms with van der Waals surface area (Å²) >= 11 is 3.18. The van der Waals surface area contributed by atoms with Crippen molar-refractivity contribution in [2.75, 3.05) is 10.6 Å².